The van der Waals surface area contributed by atoms with Gasteiger partial charge in [-0.3, -0.25) is 4.98 Å². The smallest absolute Gasteiger partial charge is 0.213 e. The molecule has 3 aromatic heterocycles. The molecule has 1 saturated carbocycles. The number of nitrogens with zero attached hydrogens (tertiary/aromatic N) is 3. The number of nitrogens with one attached hydrogen (secondary N) is 1. The molecule has 6 nitrogen and oxygen atoms in total. The zero-order chi connectivity index (χ0) is 21.5. The van der Waals surface area contributed by atoms with Crippen molar-refractivity contribution in [2.24, 2.45) is 7.05 Å². The summed E-state index contributed by atoms with van der Waals surface area (Å²) >= 11 is 0. The van der Waals surface area contributed by atoms with Gasteiger partial charge in [-0.2, -0.15) is 0 Å². The second-order valence-electron chi connectivity index (χ2n) is 8.99. The second kappa shape index (κ2) is 9.29. The first-order valence-corrected chi connectivity index (χ1v) is 11.6. The van der Waals surface area contributed by atoms with E-state index in [0.29, 0.717) is 18.1 Å². The van der Waals surface area contributed by atoms with Gasteiger partial charge in [0, 0.05) is 66.4 Å². The molecule has 6 rings (SSSR count). The van der Waals surface area contributed by atoms with Crippen LogP contribution in [0.1, 0.15) is 25.7 Å². The van der Waals surface area contributed by atoms with Gasteiger partial charge >= 0.3 is 0 Å². The lowest BCUT2D eigenvalue weighted by molar-refractivity contribution is -0.103. The van der Waals surface area contributed by atoms with Crippen LogP contribution < -0.4 is 10.1 Å². The minimum absolute atomic E-state index is 0. The van der Waals surface area contributed by atoms with E-state index < -0.39 is 0 Å². The number of halogens is 1. The van der Waals surface area contributed by atoms with E-state index in [2.05, 4.69) is 57.2 Å². The summed E-state index contributed by atoms with van der Waals surface area (Å²) in [5.74, 6) is 0.691. The normalized spacial score (nSPS) is 21.0. The molecule has 0 unspecified atom stereocenters. The number of rotatable bonds is 5. The summed E-state index contributed by atoms with van der Waals surface area (Å²) in [6.45, 7) is 2.14. The molecule has 1 aliphatic carbocycles. The van der Waals surface area contributed by atoms with Crippen LogP contribution in [-0.4, -0.2) is 45.9 Å². The Labute approximate surface area is 199 Å². The van der Waals surface area contributed by atoms with Crippen LogP contribution in [-0.2, 0) is 11.8 Å². The maximum Gasteiger partial charge on any atom is 0.213 e. The maximum atomic E-state index is 6.19. The highest BCUT2D eigenvalue weighted by Crippen LogP contribution is 2.33. The maximum absolute atomic E-state index is 6.19. The molecule has 4 aromatic rings. The average molecular weight is 465 g/mol. The van der Waals surface area contributed by atoms with Crippen molar-refractivity contribution in [3.05, 3.63) is 55.0 Å². The molecule has 2 aliphatic rings. The fourth-order valence-electron chi connectivity index (χ4n) is 4.95. The van der Waals surface area contributed by atoms with Gasteiger partial charge in [-0.1, -0.05) is 12.1 Å². The lowest BCUT2D eigenvalue weighted by atomic mass is 9.91. The van der Waals surface area contributed by atoms with E-state index in [9.17, 15) is 0 Å². The summed E-state index contributed by atoms with van der Waals surface area (Å²) in [7, 11) is 2.10. The van der Waals surface area contributed by atoms with Crippen LogP contribution in [0.15, 0.2) is 55.0 Å². The van der Waals surface area contributed by atoms with E-state index in [4.69, 9.17) is 9.47 Å². The summed E-state index contributed by atoms with van der Waals surface area (Å²) in [6.07, 6.45) is 10.8. The number of hydrogen-bond acceptors (Lipinski definition) is 5. The van der Waals surface area contributed by atoms with Gasteiger partial charge < -0.3 is 19.4 Å². The molecular formula is C26H29ClN4O2. The number of hydrogen-bond donors (Lipinski definition) is 1. The average Bonchev–Trinajstić information content (AvgIpc) is 3.10. The molecule has 2 fully saturated rings. The second-order valence-corrected chi connectivity index (χ2v) is 8.99. The standard InChI is InChI=1S/C26H28N4O2.ClH/c1-30-24-8-11-28-16-23(24)22-4-2-17(12-25(22)30)18-3-5-26(29-15-18)32-21-13-20(14-21)31-19-6-9-27-10-7-19;/h2-5,8,11-12,15-16,19-21,27H,6-7,9-10,13-14H2,1H3;1H. The summed E-state index contributed by atoms with van der Waals surface area (Å²) in [5, 5.41) is 5.79. The third-order valence-electron chi connectivity index (χ3n) is 6.89. The van der Waals surface area contributed by atoms with Crippen LogP contribution in [0.4, 0.5) is 0 Å². The van der Waals surface area contributed by atoms with Crippen molar-refractivity contribution in [1.29, 1.82) is 0 Å². The van der Waals surface area contributed by atoms with Gasteiger partial charge in [0.25, 0.3) is 0 Å². The minimum atomic E-state index is 0. The Balaban J connectivity index is 0.00000228. The van der Waals surface area contributed by atoms with Crippen LogP contribution in [0.25, 0.3) is 32.9 Å². The number of aromatic nitrogens is 3. The zero-order valence-electron chi connectivity index (χ0n) is 18.7. The van der Waals surface area contributed by atoms with Gasteiger partial charge in [0.05, 0.1) is 17.7 Å². The third-order valence-corrected chi connectivity index (χ3v) is 6.89. The van der Waals surface area contributed by atoms with E-state index in [1.54, 1.807) is 0 Å². The highest BCUT2D eigenvalue weighted by atomic mass is 35.5. The van der Waals surface area contributed by atoms with Crippen molar-refractivity contribution in [1.82, 2.24) is 19.9 Å². The molecule has 7 heteroatoms. The van der Waals surface area contributed by atoms with E-state index in [1.807, 2.05) is 24.7 Å². The topological polar surface area (TPSA) is 61.2 Å². The van der Waals surface area contributed by atoms with Crippen LogP contribution >= 0.6 is 12.4 Å². The molecule has 0 bridgehead atoms. The number of benzene rings is 1. The highest BCUT2D eigenvalue weighted by molar-refractivity contribution is 6.08. The van der Waals surface area contributed by atoms with Crippen LogP contribution in [0, 0.1) is 0 Å². The number of pyridine rings is 2. The molecule has 1 aromatic carbocycles. The number of ether oxygens (including phenoxy) is 2. The third kappa shape index (κ3) is 4.31. The molecule has 33 heavy (non-hydrogen) atoms. The molecule has 4 heterocycles. The van der Waals surface area contributed by atoms with Gasteiger partial charge in [0.1, 0.15) is 6.10 Å². The Morgan fingerprint density at radius 3 is 2.48 bits per heavy atom. The Kier molecular flexibility index (Phi) is 6.23. The molecule has 0 radical (unpaired) electrons. The molecule has 1 N–H and O–H groups in total. The number of fused-ring (bicyclic) bond motifs is 3. The lowest BCUT2D eigenvalue weighted by Gasteiger charge is -2.38. The van der Waals surface area contributed by atoms with E-state index in [-0.39, 0.29) is 18.5 Å². The predicted octanol–water partition coefficient (Wildman–Crippen LogP) is 4.89. The van der Waals surface area contributed by atoms with Crippen molar-refractivity contribution >= 4 is 34.2 Å². The first kappa shape index (κ1) is 22.1. The van der Waals surface area contributed by atoms with Crippen molar-refractivity contribution in [2.45, 2.75) is 44.0 Å². The number of aryl methyl sites for hydroxylation is 1. The summed E-state index contributed by atoms with van der Waals surface area (Å²) < 4.78 is 14.5. The SMILES string of the molecule is Cl.Cn1c2ccncc2c2ccc(-c3ccc(OC4CC(OC5CCNCC5)C4)nc3)cc21. The monoisotopic (exact) mass is 464 g/mol. The summed E-state index contributed by atoms with van der Waals surface area (Å²) in [5.41, 5.74) is 4.62. The fourth-order valence-corrected chi connectivity index (χ4v) is 4.95. The van der Waals surface area contributed by atoms with Crippen molar-refractivity contribution < 1.29 is 9.47 Å². The highest BCUT2D eigenvalue weighted by Gasteiger charge is 2.34. The van der Waals surface area contributed by atoms with Crippen LogP contribution in [0.3, 0.4) is 0 Å². The van der Waals surface area contributed by atoms with Crippen LogP contribution in [0.5, 0.6) is 5.88 Å². The van der Waals surface area contributed by atoms with Crippen molar-refractivity contribution in [2.75, 3.05) is 13.1 Å². The van der Waals surface area contributed by atoms with Gasteiger partial charge in [-0.05, 0) is 49.7 Å². The minimum Gasteiger partial charge on any atom is -0.474 e. The summed E-state index contributed by atoms with van der Waals surface area (Å²) in [4.78, 5) is 8.86. The quantitative estimate of drug-likeness (QED) is 0.455. The van der Waals surface area contributed by atoms with Crippen LogP contribution in [0.2, 0.25) is 0 Å². The Morgan fingerprint density at radius 1 is 0.879 bits per heavy atom. The largest absolute Gasteiger partial charge is 0.474 e. The van der Waals surface area contributed by atoms with Gasteiger partial charge in [-0.15, -0.1) is 12.4 Å². The van der Waals surface area contributed by atoms with Gasteiger partial charge in [0.2, 0.25) is 5.88 Å². The Bertz CT molecular complexity index is 1240. The molecular weight excluding hydrogens is 436 g/mol. The van der Waals surface area contributed by atoms with Gasteiger partial charge in [-0.25, -0.2) is 4.98 Å². The molecule has 1 saturated heterocycles. The molecule has 172 valence electrons. The molecule has 0 spiro atoms. The first-order valence-electron chi connectivity index (χ1n) is 11.6. The Morgan fingerprint density at radius 2 is 1.70 bits per heavy atom. The van der Waals surface area contributed by atoms with E-state index in [1.165, 1.54) is 21.8 Å². The summed E-state index contributed by atoms with van der Waals surface area (Å²) in [6, 6.07) is 12.7. The predicted molar refractivity (Wildman–Crippen MR) is 133 cm³/mol. The number of piperidine rings is 1. The lowest BCUT2D eigenvalue weighted by Crippen LogP contribution is -2.43. The molecule has 0 amide bonds. The Hall–Kier alpha value is -2.67. The molecule has 1 aliphatic heterocycles. The van der Waals surface area contributed by atoms with Crippen molar-refractivity contribution in [3.63, 3.8) is 0 Å². The zero-order valence-corrected chi connectivity index (χ0v) is 19.6. The van der Waals surface area contributed by atoms with Crippen molar-refractivity contribution in [3.8, 4) is 17.0 Å². The van der Waals surface area contributed by atoms with E-state index in [0.717, 1.165) is 49.9 Å². The molecule has 0 atom stereocenters. The van der Waals surface area contributed by atoms with Gasteiger partial charge in [0.15, 0.2) is 0 Å². The fraction of sp³-hybridized carbons (Fsp3) is 0.385. The van der Waals surface area contributed by atoms with E-state index >= 15 is 0 Å². The first-order chi connectivity index (χ1) is 15.7.